The number of likely N-dealkylation sites (N-methyl/N-ethyl adjacent to an activating group) is 1. The summed E-state index contributed by atoms with van der Waals surface area (Å²) in [7, 11) is 2.23. The number of rotatable bonds is 6. The van der Waals surface area contributed by atoms with Crippen LogP contribution in [-0.2, 0) is 6.54 Å². The monoisotopic (exact) mass is 431 g/mol. The van der Waals surface area contributed by atoms with Crippen LogP contribution in [0.2, 0.25) is 0 Å². The fourth-order valence-corrected chi connectivity index (χ4v) is 4.90. The van der Waals surface area contributed by atoms with Crippen LogP contribution in [0, 0.1) is 6.92 Å². The van der Waals surface area contributed by atoms with Crippen molar-refractivity contribution in [2.75, 3.05) is 46.3 Å². The third kappa shape index (κ3) is 4.93. The topological polar surface area (TPSA) is 48.6 Å². The molecule has 168 valence electrons. The number of aryl methyl sites for hydroxylation is 1. The highest BCUT2D eigenvalue weighted by molar-refractivity contribution is 5.67. The van der Waals surface area contributed by atoms with Gasteiger partial charge in [0.2, 0.25) is 11.7 Å². The van der Waals surface area contributed by atoms with E-state index in [0.29, 0.717) is 17.8 Å². The smallest absolute Gasteiger partial charge is 0.223 e. The van der Waals surface area contributed by atoms with Gasteiger partial charge in [0.15, 0.2) is 0 Å². The van der Waals surface area contributed by atoms with E-state index in [1.807, 2.05) is 6.92 Å². The highest BCUT2D eigenvalue weighted by atomic mass is 16.5. The van der Waals surface area contributed by atoms with E-state index in [1.165, 1.54) is 68.8 Å². The lowest BCUT2D eigenvalue weighted by Crippen LogP contribution is -2.49. The number of benzene rings is 2. The first kappa shape index (κ1) is 21.3. The molecule has 2 saturated heterocycles. The van der Waals surface area contributed by atoms with Crippen LogP contribution in [0.3, 0.4) is 0 Å². The van der Waals surface area contributed by atoms with Gasteiger partial charge in [0.25, 0.3) is 0 Å². The molecular weight excluding hydrogens is 398 g/mol. The van der Waals surface area contributed by atoms with Crippen molar-refractivity contribution in [1.29, 1.82) is 0 Å². The Kier molecular flexibility index (Phi) is 6.35. The summed E-state index contributed by atoms with van der Waals surface area (Å²) in [6.07, 6.45) is 2.65. The number of aromatic nitrogens is 2. The molecule has 6 heteroatoms. The number of piperazine rings is 1. The summed E-state index contributed by atoms with van der Waals surface area (Å²) in [6, 6.07) is 18.1. The molecule has 6 nitrogen and oxygen atoms in total. The molecule has 2 fully saturated rings. The van der Waals surface area contributed by atoms with Crippen molar-refractivity contribution in [2.24, 2.45) is 0 Å². The standard InChI is InChI=1S/C26H33N5O/c1-20-27-26(28-32-20)24-11-9-23(10-12-24)22-7-5-21(6-8-22)18-31-13-3-4-25(31)19-30-16-14-29(2)15-17-30/h5-12,25H,3-4,13-19H2,1-2H3/t25-/m0/s1. The van der Waals surface area contributed by atoms with Crippen molar-refractivity contribution in [3.63, 3.8) is 0 Å². The first-order chi connectivity index (χ1) is 15.6. The van der Waals surface area contributed by atoms with Crippen LogP contribution in [0.4, 0.5) is 0 Å². The summed E-state index contributed by atoms with van der Waals surface area (Å²) in [4.78, 5) is 12.1. The lowest BCUT2D eigenvalue weighted by atomic mass is 10.0. The number of nitrogens with zero attached hydrogens (tertiary/aromatic N) is 5. The lowest BCUT2D eigenvalue weighted by Gasteiger charge is -2.36. The summed E-state index contributed by atoms with van der Waals surface area (Å²) >= 11 is 0. The van der Waals surface area contributed by atoms with Crippen LogP contribution in [0.1, 0.15) is 24.3 Å². The van der Waals surface area contributed by atoms with Crippen molar-refractivity contribution >= 4 is 0 Å². The molecule has 1 aromatic heterocycles. The SMILES string of the molecule is Cc1nc(-c2ccc(-c3ccc(CN4CCC[C@H]4CN4CCN(C)CC4)cc3)cc2)no1. The Balaban J connectivity index is 1.20. The second kappa shape index (κ2) is 9.53. The van der Waals surface area contributed by atoms with Crippen LogP contribution >= 0.6 is 0 Å². The Morgan fingerprint density at radius 1 is 0.875 bits per heavy atom. The lowest BCUT2D eigenvalue weighted by molar-refractivity contribution is 0.114. The molecule has 3 aromatic rings. The molecule has 0 aliphatic carbocycles. The van der Waals surface area contributed by atoms with Crippen molar-refractivity contribution in [3.05, 3.63) is 60.0 Å². The Bertz CT molecular complexity index is 1010. The van der Waals surface area contributed by atoms with Gasteiger partial charge in [0, 0.05) is 57.8 Å². The van der Waals surface area contributed by atoms with E-state index in [4.69, 9.17) is 4.52 Å². The quantitative estimate of drug-likeness (QED) is 0.590. The van der Waals surface area contributed by atoms with E-state index < -0.39 is 0 Å². The van der Waals surface area contributed by atoms with E-state index in [2.05, 4.69) is 80.4 Å². The molecule has 0 spiro atoms. The van der Waals surface area contributed by atoms with Crippen molar-refractivity contribution in [3.8, 4) is 22.5 Å². The van der Waals surface area contributed by atoms with Gasteiger partial charge in [-0.2, -0.15) is 4.98 Å². The maximum Gasteiger partial charge on any atom is 0.223 e. The third-order valence-corrected chi connectivity index (χ3v) is 6.91. The van der Waals surface area contributed by atoms with E-state index in [1.54, 1.807) is 0 Å². The molecule has 0 amide bonds. The van der Waals surface area contributed by atoms with E-state index in [-0.39, 0.29) is 0 Å². The molecule has 1 atom stereocenters. The second-order valence-corrected chi connectivity index (χ2v) is 9.28. The summed E-state index contributed by atoms with van der Waals surface area (Å²) < 4.78 is 5.09. The zero-order chi connectivity index (χ0) is 21.9. The van der Waals surface area contributed by atoms with Crippen LogP contribution in [0.25, 0.3) is 22.5 Å². The van der Waals surface area contributed by atoms with Gasteiger partial charge in [-0.15, -0.1) is 0 Å². The first-order valence-electron chi connectivity index (χ1n) is 11.8. The fourth-order valence-electron chi connectivity index (χ4n) is 4.90. The summed E-state index contributed by atoms with van der Waals surface area (Å²) in [6.45, 7) is 10.1. The number of hydrogen-bond donors (Lipinski definition) is 0. The molecular formula is C26H33N5O. The average Bonchev–Trinajstić information content (AvgIpc) is 3.45. The molecule has 2 aliphatic rings. The second-order valence-electron chi connectivity index (χ2n) is 9.28. The number of likely N-dealkylation sites (tertiary alicyclic amines) is 1. The van der Waals surface area contributed by atoms with E-state index in [9.17, 15) is 0 Å². The summed E-state index contributed by atoms with van der Waals surface area (Å²) in [5, 5.41) is 4.00. The summed E-state index contributed by atoms with van der Waals surface area (Å²) in [5.74, 6) is 1.23. The Morgan fingerprint density at radius 2 is 1.53 bits per heavy atom. The maximum absolute atomic E-state index is 5.09. The maximum atomic E-state index is 5.09. The van der Waals surface area contributed by atoms with Crippen molar-refractivity contribution in [2.45, 2.75) is 32.4 Å². The van der Waals surface area contributed by atoms with E-state index >= 15 is 0 Å². The van der Waals surface area contributed by atoms with Gasteiger partial charge >= 0.3 is 0 Å². The molecule has 5 rings (SSSR count). The van der Waals surface area contributed by atoms with Gasteiger partial charge < -0.3 is 9.42 Å². The molecule has 0 saturated carbocycles. The van der Waals surface area contributed by atoms with Gasteiger partial charge in [-0.05, 0) is 43.1 Å². The Morgan fingerprint density at radius 3 is 2.19 bits per heavy atom. The molecule has 0 unspecified atom stereocenters. The van der Waals surface area contributed by atoms with Gasteiger partial charge in [-0.25, -0.2) is 0 Å². The van der Waals surface area contributed by atoms with Crippen molar-refractivity contribution in [1.82, 2.24) is 24.8 Å². The van der Waals surface area contributed by atoms with Crippen LogP contribution < -0.4 is 0 Å². The van der Waals surface area contributed by atoms with Crippen LogP contribution in [0.15, 0.2) is 53.1 Å². The molecule has 2 aliphatic heterocycles. The fraction of sp³-hybridized carbons (Fsp3) is 0.462. The third-order valence-electron chi connectivity index (χ3n) is 6.91. The highest BCUT2D eigenvalue weighted by Gasteiger charge is 2.27. The summed E-state index contributed by atoms with van der Waals surface area (Å²) in [5.41, 5.74) is 4.81. The minimum absolute atomic E-state index is 0.587. The normalized spacial score (nSPS) is 20.8. The van der Waals surface area contributed by atoms with Crippen LogP contribution in [-0.4, -0.2) is 77.2 Å². The van der Waals surface area contributed by atoms with Crippen molar-refractivity contribution < 1.29 is 4.52 Å². The Hall–Kier alpha value is -2.54. The zero-order valence-corrected chi connectivity index (χ0v) is 19.2. The predicted molar refractivity (Wildman–Crippen MR) is 127 cm³/mol. The van der Waals surface area contributed by atoms with E-state index in [0.717, 1.165) is 12.1 Å². The first-order valence-corrected chi connectivity index (χ1v) is 11.8. The molecule has 32 heavy (non-hydrogen) atoms. The molecule has 3 heterocycles. The van der Waals surface area contributed by atoms with Gasteiger partial charge in [0.05, 0.1) is 0 Å². The Labute approximate surface area is 190 Å². The minimum Gasteiger partial charge on any atom is -0.339 e. The predicted octanol–water partition coefficient (Wildman–Crippen LogP) is 3.92. The highest BCUT2D eigenvalue weighted by Crippen LogP contribution is 2.26. The van der Waals surface area contributed by atoms with Crippen LogP contribution in [0.5, 0.6) is 0 Å². The average molecular weight is 432 g/mol. The minimum atomic E-state index is 0.587. The van der Waals surface area contributed by atoms with Gasteiger partial charge in [-0.1, -0.05) is 53.7 Å². The van der Waals surface area contributed by atoms with Gasteiger partial charge in [-0.3, -0.25) is 9.80 Å². The molecule has 0 N–H and O–H groups in total. The molecule has 0 radical (unpaired) electrons. The van der Waals surface area contributed by atoms with Gasteiger partial charge in [0.1, 0.15) is 0 Å². The zero-order valence-electron chi connectivity index (χ0n) is 19.2. The largest absolute Gasteiger partial charge is 0.339 e. The number of hydrogen-bond acceptors (Lipinski definition) is 6. The molecule has 2 aromatic carbocycles. The molecule has 0 bridgehead atoms.